The molecule has 5 unspecified atom stereocenters. The first-order valence-electron chi connectivity index (χ1n) is 12.3. The highest BCUT2D eigenvalue weighted by Crippen LogP contribution is 2.11. The van der Waals surface area contributed by atoms with E-state index in [9.17, 15) is 24.3 Å². The number of carbonyl (C=O) groups is 4. The number of nitrogens with two attached hydrogens (primary N) is 3. The smallest absolute Gasteiger partial charge is 0.326 e. The van der Waals surface area contributed by atoms with Crippen molar-refractivity contribution in [3.63, 3.8) is 0 Å². The van der Waals surface area contributed by atoms with Crippen molar-refractivity contribution in [1.82, 2.24) is 25.9 Å². The molecule has 0 radical (unpaired) electrons. The van der Waals surface area contributed by atoms with Crippen molar-refractivity contribution < 1.29 is 24.3 Å². The van der Waals surface area contributed by atoms with Crippen LogP contribution < -0.4 is 33.2 Å². The standard InChI is InChI=1S/C23H41N9O5/c1-5-13(4)18(21(35)31-17(12(2)3)22(36)37)32-20(34)16(9-14-10-27-11-29-14)30-19(33)15(24)7-6-8-28-23(25)26/h10-13,15-18H,5-9,24H2,1-4H3,(H,27,29)(H,30,33)(H,31,35)(H,32,34)(H,36,37)(H4,25,26,28). The molecule has 3 amide bonds. The molecular weight excluding hydrogens is 482 g/mol. The minimum Gasteiger partial charge on any atom is -0.480 e. The number of aliphatic imine (C=N–C) groups is 1. The number of imidazole rings is 1. The van der Waals surface area contributed by atoms with Crippen LogP contribution in [0.1, 0.15) is 52.7 Å². The van der Waals surface area contributed by atoms with Gasteiger partial charge in [0.05, 0.1) is 12.4 Å². The SMILES string of the molecule is CCC(C)C(NC(=O)C(Cc1cnc[nH]1)NC(=O)C(N)CCCN=C(N)N)C(=O)NC(C(=O)O)C(C)C. The van der Waals surface area contributed by atoms with Crippen LogP contribution in [0.4, 0.5) is 0 Å². The monoisotopic (exact) mass is 523 g/mol. The number of carbonyl (C=O) groups excluding carboxylic acids is 3. The van der Waals surface area contributed by atoms with Crippen LogP contribution in [0, 0.1) is 11.8 Å². The second-order valence-corrected chi connectivity index (χ2v) is 9.34. The molecule has 0 saturated carbocycles. The van der Waals surface area contributed by atoms with E-state index < -0.39 is 47.9 Å². The Bertz CT molecular complexity index is 916. The molecule has 0 saturated heterocycles. The maximum atomic E-state index is 13.3. The number of carboxylic acids is 1. The molecule has 14 nitrogen and oxygen atoms in total. The van der Waals surface area contributed by atoms with Crippen LogP contribution >= 0.6 is 0 Å². The molecule has 14 heteroatoms. The molecule has 5 atom stereocenters. The van der Waals surface area contributed by atoms with E-state index in [-0.39, 0.29) is 30.6 Å². The lowest BCUT2D eigenvalue weighted by molar-refractivity contribution is -0.144. The second-order valence-electron chi connectivity index (χ2n) is 9.34. The minimum atomic E-state index is -1.17. The summed E-state index contributed by atoms with van der Waals surface area (Å²) in [6.45, 7) is 7.27. The van der Waals surface area contributed by atoms with E-state index in [0.717, 1.165) is 0 Å². The van der Waals surface area contributed by atoms with Crippen molar-refractivity contribution in [2.75, 3.05) is 6.54 Å². The van der Waals surface area contributed by atoms with Gasteiger partial charge < -0.3 is 43.2 Å². The van der Waals surface area contributed by atoms with Crippen LogP contribution in [0.2, 0.25) is 0 Å². The number of aromatic amines is 1. The first-order chi connectivity index (χ1) is 17.4. The van der Waals surface area contributed by atoms with Crippen LogP contribution in [0.15, 0.2) is 17.5 Å². The molecule has 1 aromatic heterocycles. The Morgan fingerprint density at radius 3 is 2.22 bits per heavy atom. The fraction of sp³-hybridized carbons (Fsp3) is 0.652. The van der Waals surface area contributed by atoms with Crippen LogP contribution in [-0.4, -0.2) is 75.4 Å². The van der Waals surface area contributed by atoms with Crippen molar-refractivity contribution in [2.45, 2.75) is 77.5 Å². The summed E-state index contributed by atoms with van der Waals surface area (Å²) in [7, 11) is 0. The van der Waals surface area contributed by atoms with Crippen molar-refractivity contribution in [3.05, 3.63) is 18.2 Å². The van der Waals surface area contributed by atoms with Gasteiger partial charge in [0, 0.05) is 24.9 Å². The van der Waals surface area contributed by atoms with Gasteiger partial charge in [-0.1, -0.05) is 34.1 Å². The third kappa shape index (κ3) is 10.9. The molecule has 0 fully saturated rings. The lowest BCUT2D eigenvalue weighted by atomic mass is 9.96. The molecule has 1 rings (SSSR count). The van der Waals surface area contributed by atoms with Gasteiger partial charge in [-0.05, 0) is 24.7 Å². The number of nitrogens with zero attached hydrogens (tertiary/aromatic N) is 2. The first-order valence-corrected chi connectivity index (χ1v) is 12.3. The Morgan fingerprint density at radius 1 is 1.05 bits per heavy atom. The quantitative estimate of drug-likeness (QED) is 0.0718. The zero-order chi connectivity index (χ0) is 28.1. The molecule has 0 aliphatic carbocycles. The number of guanidine groups is 1. The summed E-state index contributed by atoms with van der Waals surface area (Å²) in [6, 6.07) is -4.13. The first kappa shape index (κ1) is 31.4. The Morgan fingerprint density at radius 2 is 1.70 bits per heavy atom. The highest BCUT2D eigenvalue weighted by Gasteiger charge is 2.33. The molecular formula is C23H41N9O5. The molecule has 11 N–H and O–H groups in total. The number of H-pyrrole nitrogens is 1. The van der Waals surface area contributed by atoms with Gasteiger partial charge in [0.1, 0.15) is 18.1 Å². The number of rotatable bonds is 16. The predicted octanol–water partition coefficient (Wildman–Crippen LogP) is -1.43. The van der Waals surface area contributed by atoms with Crippen molar-refractivity contribution in [1.29, 1.82) is 0 Å². The number of nitrogens with one attached hydrogen (secondary N) is 4. The van der Waals surface area contributed by atoms with Crippen LogP contribution in [-0.2, 0) is 25.6 Å². The van der Waals surface area contributed by atoms with Crippen LogP contribution in [0.5, 0.6) is 0 Å². The summed E-state index contributed by atoms with van der Waals surface area (Å²) >= 11 is 0. The van der Waals surface area contributed by atoms with E-state index in [0.29, 0.717) is 25.1 Å². The molecule has 0 aromatic carbocycles. The van der Waals surface area contributed by atoms with Gasteiger partial charge in [0.15, 0.2) is 5.96 Å². The Hall–Kier alpha value is -3.68. The third-order valence-corrected chi connectivity index (χ3v) is 5.94. The number of aromatic nitrogens is 2. The van der Waals surface area contributed by atoms with Gasteiger partial charge in [0.2, 0.25) is 17.7 Å². The topological polar surface area (TPSA) is 244 Å². The van der Waals surface area contributed by atoms with Crippen molar-refractivity contribution >= 4 is 29.7 Å². The van der Waals surface area contributed by atoms with E-state index >= 15 is 0 Å². The molecule has 1 heterocycles. The van der Waals surface area contributed by atoms with Crippen molar-refractivity contribution in [2.24, 2.45) is 34.0 Å². The number of carboxylic acid groups (broad SMARTS) is 1. The summed E-state index contributed by atoms with van der Waals surface area (Å²) in [5.74, 6) is -3.70. The number of aliphatic carboxylic acids is 1. The predicted molar refractivity (Wildman–Crippen MR) is 138 cm³/mol. The van der Waals surface area contributed by atoms with Gasteiger partial charge >= 0.3 is 5.97 Å². The average Bonchev–Trinajstić information content (AvgIpc) is 3.34. The molecule has 37 heavy (non-hydrogen) atoms. The van der Waals surface area contributed by atoms with Crippen molar-refractivity contribution in [3.8, 4) is 0 Å². The molecule has 208 valence electrons. The molecule has 0 aliphatic rings. The normalized spacial score (nSPS) is 15.1. The fourth-order valence-electron chi connectivity index (χ4n) is 3.47. The summed E-state index contributed by atoms with van der Waals surface area (Å²) in [4.78, 5) is 61.3. The van der Waals surface area contributed by atoms with Gasteiger partial charge in [-0.3, -0.25) is 19.4 Å². The Labute approximate surface area is 216 Å². The van der Waals surface area contributed by atoms with Crippen LogP contribution in [0.3, 0.4) is 0 Å². The lowest BCUT2D eigenvalue weighted by Gasteiger charge is -2.28. The van der Waals surface area contributed by atoms with E-state index in [4.69, 9.17) is 17.2 Å². The second kappa shape index (κ2) is 15.4. The summed E-state index contributed by atoms with van der Waals surface area (Å²) in [6.07, 6.45) is 4.30. The average molecular weight is 524 g/mol. The highest BCUT2D eigenvalue weighted by atomic mass is 16.4. The summed E-state index contributed by atoms with van der Waals surface area (Å²) in [5.41, 5.74) is 17.1. The summed E-state index contributed by atoms with van der Waals surface area (Å²) < 4.78 is 0. The Kier molecular flexibility index (Phi) is 13.1. The summed E-state index contributed by atoms with van der Waals surface area (Å²) in [5, 5.41) is 17.3. The highest BCUT2D eigenvalue weighted by molar-refractivity contribution is 5.94. The number of amides is 3. The van der Waals surface area contributed by atoms with Gasteiger partial charge in [-0.25, -0.2) is 9.78 Å². The molecule has 0 aliphatic heterocycles. The third-order valence-electron chi connectivity index (χ3n) is 5.94. The zero-order valence-electron chi connectivity index (χ0n) is 21.9. The van der Waals surface area contributed by atoms with Gasteiger partial charge in [0.25, 0.3) is 0 Å². The number of hydrogen-bond acceptors (Lipinski definition) is 7. The molecule has 1 aromatic rings. The fourth-order valence-corrected chi connectivity index (χ4v) is 3.47. The van der Waals surface area contributed by atoms with Crippen LogP contribution in [0.25, 0.3) is 0 Å². The van der Waals surface area contributed by atoms with E-state index in [1.165, 1.54) is 12.5 Å². The maximum absolute atomic E-state index is 13.3. The maximum Gasteiger partial charge on any atom is 0.326 e. The van der Waals surface area contributed by atoms with E-state index in [1.54, 1.807) is 20.8 Å². The van der Waals surface area contributed by atoms with E-state index in [1.807, 2.05) is 6.92 Å². The van der Waals surface area contributed by atoms with Gasteiger partial charge in [-0.2, -0.15) is 0 Å². The minimum absolute atomic E-state index is 0.0581. The van der Waals surface area contributed by atoms with Gasteiger partial charge in [-0.15, -0.1) is 0 Å². The molecule has 0 bridgehead atoms. The number of hydrogen-bond donors (Lipinski definition) is 8. The molecule has 0 spiro atoms. The largest absolute Gasteiger partial charge is 0.480 e. The Balaban J connectivity index is 3.01. The zero-order valence-corrected chi connectivity index (χ0v) is 21.9. The lowest BCUT2D eigenvalue weighted by Crippen LogP contribution is -2.59. The van der Waals surface area contributed by atoms with E-state index in [2.05, 4.69) is 30.9 Å².